The molecule has 0 bridgehead atoms. The van der Waals surface area contributed by atoms with Crippen LogP contribution in [0.5, 0.6) is 0 Å². The summed E-state index contributed by atoms with van der Waals surface area (Å²) in [5, 5.41) is 9.42. The van der Waals surface area contributed by atoms with E-state index >= 15 is 0 Å². The van der Waals surface area contributed by atoms with Gasteiger partial charge in [0.1, 0.15) is 5.82 Å². The molecule has 1 aromatic heterocycles. The molecule has 0 amide bonds. The molecule has 0 radical (unpaired) electrons. The van der Waals surface area contributed by atoms with Crippen molar-refractivity contribution in [2.24, 2.45) is 5.92 Å². The van der Waals surface area contributed by atoms with Gasteiger partial charge in [-0.1, -0.05) is 58.4 Å². The Morgan fingerprint density at radius 2 is 1.76 bits per heavy atom. The van der Waals surface area contributed by atoms with E-state index < -0.39 is 0 Å². The Labute approximate surface area is 183 Å². The van der Waals surface area contributed by atoms with Crippen molar-refractivity contribution >= 4 is 29.2 Å². The smallest absolute Gasteiger partial charge is 0.166 e. The number of rotatable bonds is 6. The van der Waals surface area contributed by atoms with Crippen LogP contribution in [0, 0.1) is 12.8 Å². The summed E-state index contributed by atoms with van der Waals surface area (Å²) in [4.78, 5) is 1.15. The van der Waals surface area contributed by atoms with Gasteiger partial charge in [0.25, 0.3) is 0 Å². The monoisotopic (exact) mass is 428 g/mol. The maximum absolute atomic E-state index is 6.32. The molecule has 0 saturated heterocycles. The first-order valence-electron chi connectivity index (χ1n) is 9.88. The molecule has 154 valence electrons. The second-order valence-corrected chi connectivity index (χ2v) is 10.1. The third kappa shape index (κ3) is 5.34. The standard InChI is InChI=1S/C23H29ClN4S/c1-15(2)14-28-16(3)25-26-22(28)20-13-18(24)9-12-21(20)27-29-19-10-7-17(8-11-19)23(4,5)6/h7-13,15,27H,14H2,1-6H3. The highest BCUT2D eigenvalue weighted by atomic mass is 35.5. The molecule has 0 unspecified atom stereocenters. The Morgan fingerprint density at radius 3 is 2.38 bits per heavy atom. The number of aryl methyl sites for hydroxylation is 1. The molecule has 29 heavy (non-hydrogen) atoms. The van der Waals surface area contributed by atoms with Crippen LogP contribution in [0.15, 0.2) is 47.4 Å². The summed E-state index contributed by atoms with van der Waals surface area (Å²) in [5.41, 5.74) is 3.40. The number of hydrogen-bond acceptors (Lipinski definition) is 4. The number of aromatic nitrogens is 3. The molecule has 0 fully saturated rings. The van der Waals surface area contributed by atoms with Gasteiger partial charge in [0.05, 0.1) is 5.69 Å². The predicted molar refractivity (Wildman–Crippen MR) is 125 cm³/mol. The number of benzene rings is 2. The van der Waals surface area contributed by atoms with Gasteiger partial charge in [-0.25, -0.2) is 0 Å². The molecule has 0 saturated carbocycles. The average Bonchev–Trinajstić information content (AvgIpc) is 3.00. The quantitative estimate of drug-likeness (QED) is 0.430. The lowest BCUT2D eigenvalue weighted by molar-refractivity contribution is 0.517. The lowest BCUT2D eigenvalue weighted by Gasteiger charge is -2.19. The zero-order chi connectivity index (χ0) is 21.2. The molecular weight excluding hydrogens is 400 g/mol. The molecular formula is C23H29ClN4S. The summed E-state index contributed by atoms with van der Waals surface area (Å²) in [6.07, 6.45) is 0. The van der Waals surface area contributed by atoms with Crippen LogP contribution in [-0.4, -0.2) is 14.8 Å². The topological polar surface area (TPSA) is 42.7 Å². The van der Waals surface area contributed by atoms with Crippen molar-refractivity contribution in [3.8, 4) is 11.4 Å². The maximum Gasteiger partial charge on any atom is 0.166 e. The molecule has 0 spiro atoms. The molecule has 0 atom stereocenters. The van der Waals surface area contributed by atoms with Gasteiger partial charge in [-0.05, 0) is 66.1 Å². The average molecular weight is 429 g/mol. The van der Waals surface area contributed by atoms with Crippen LogP contribution in [0.1, 0.15) is 46.0 Å². The van der Waals surface area contributed by atoms with Crippen LogP contribution in [-0.2, 0) is 12.0 Å². The van der Waals surface area contributed by atoms with Crippen LogP contribution < -0.4 is 4.72 Å². The van der Waals surface area contributed by atoms with Crippen LogP contribution in [0.4, 0.5) is 5.69 Å². The van der Waals surface area contributed by atoms with Crippen molar-refractivity contribution < 1.29 is 0 Å². The van der Waals surface area contributed by atoms with Crippen molar-refractivity contribution in [2.75, 3.05) is 4.72 Å². The highest BCUT2D eigenvalue weighted by Crippen LogP contribution is 2.34. The van der Waals surface area contributed by atoms with E-state index in [2.05, 4.69) is 78.4 Å². The first-order chi connectivity index (χ1) is 13.6. The van der Waals surface area contributed by atoms with Gasteiger partial charge in [-0.2, -0.15) is 0 Å². The van der Waals surface area contributed by atoms with Gasteiger partial charge in [-0.3, -0.25) is 0 Å². The minimum absolute atomic E-state index is 0.151. The molecule has 0 aliphatic heterocycles. The second-order valence-electron chi connectivity index (χ2n) is 8.74. The first-order valence-corrected chi connectivity index (χ1v) is 11.1. The molecule has 3 aromatic rings. The van der Waals surface area contributed by atoms with E-state index in [1.165, 1.54) is 5.56 Å². The molecule has 1 heterocycles. The summed E-state index contributed by atoms with van der Waals surface area (Å²) in [6, 6.07) is 14.5. The normalized spacial score (nSPS) is 11.9. The van der Waals surface area contributed by atoms with Crippen molar-refractivity contribution in [3.63, 3.8) is 0 Å². The van der Waals surface area contributed by atoms with E-state index in [1.54, 1.807) is 11.9 Å². The minimum Gasteiger partial charge on any atom is -0.325 e. The van der Waals surface area contributed by atoms with Gasteiger partial charge >= 0.3 is 0 Å². The lowest BCUT2D eigenvalue weighted by atomic mass is 9.87. The number of hydrogen-bond donors (Lipinski definition) is 1. The molecule has 4 nitrogen and oxygen atoms in total. The zero-order valence-corrected chi connectivity index (χ0v) is 19.5. The molecule has 1 N–H and O–H groups in total. The van der Waals surface area contributed by atoms with E-state index in [-0.39, 0.29) is 5.41 Å². The van der Waals surface area contributed by atoms with Gasteiger partial charge < -0.3 is 9.29 Å². The Bertz CT molecular complexity index is 972. The SMILES string of the molecule is Cc1nnc(-c2cc(Cl)ccc2NSc2ccc(C(C)(C)C)cc2)n1CC(C)C. The highest BCUT2D eigenvalue weighted by molar-refractivity contribution is 8.00. The van der Waals surface area contributed by atoms with Gasteiger partial charge in [0.2, 0.25) is 0 Å². The minimum atomic E-state index is 0.151. The third-order valence-corrected chi connectivity index (χ3v) is 5.77. The van der Waals surface area contributed by atoms with Crippen LogP contribution in [0.3, 0.4) is 0 Å². The van der Waals surface area contributed by atoms with E-state index in [0.717, 1.165) is 34.3 Å². The van der Waals surface area contributed by atoms with E-state index in [1.807, 2.05) is 25.1 Å². The van der Waals surface area contributed by atoms with Crippen molar-refractivity contribution in [1.29, 1.82) is 0 Å². The fourth-order valence-electron chi connectivity index (χ4n) is 3.09. The molecule has 6 heteroatoms. The Kier molecular flexibility index (Phi) is 6.59. The van der Waals surface area contributed by atoms with E-state index in [4.69, 9.17) is 11.6 Å². The summed E-state index contributed by atoms with van der Waals surface area (Å²) in [7, 11) is 0. The zero-order valence-electron chi connectivity index (χ0n) is 18.0. The largest absolute Gasteiger partial charge is 0.325 e. The number of halogens is 1. The van der Waals surface area contributed by atoms with E-state index in [0.29, 0.717) is 10.9 Å². The fraction of sp³-hybridized carbons (Fsp3) is 0.391. The molecule has 3 rings (SSSR count). The fourth-order valence-corrected chi connectivity index (χ4v) is 3.94. The summed E-state index contributed by atoms with van der Waals surface area (Å²) in [5.74, 6) is 2.24. The molecule has 2 aromatic carbocycles. The Balaban J connectivity index is 1.87. The molecule has 0 aliphatic carbocycles. The number of nitrogens with zero attached hydrogens (tertiary/aromatic N) is 3. The van der Waals surface area contributed by atoms with Crippen LogP contribution in [0.2, 0.25) is 5.02 Å². The van der Waals surface area contributed by atoms with E-state index in [9.17, 15) is 0 Å². The van der Waals surface area contributed by atoms with Gasteiger partial charge in [-0.15, -0.1) is 10.2 Å². The van der Waals surface area contributed by atoms with Crippen molar-refractivity contribution in [2.45, 2.75) is 58.4 Å². The lowest BCUT2D eigenvalue weighted by Crippen LogP contribution is -2.10. The second kappa shape index (κ2) is 8.80. The van der Waals surface area contributed by atoms with Gasteiger partial charge in [0.15, 0.2) is 5.82 Å². The van der Waals surface area contributed by atoms with Crippen molar-refractivity contribution in [1.82, 2.24) is 14.8 Å². The Morgan fingerprint density at radius 1 is 1.07 bits per heavy atom. The third-order valence-electron chi connectivity index (χ3n) is 4.71. The predicted octanol–water partition coefficient (Wildman–Crippen LogP) is 6.98. The Hall–Kier alpha value is -1.98. The molecule has 0 aliphatic rings. The highest BCUT2D eigenvalue weighted by Gasteiger charge is 2.17. The first kappa shape index (κ1) is 21.7. The maximum atomic E-state index is 6.32. The summed E-state index contributed by atoms with van der Waals surface area (Å²) < 4.78 is 5.64. The van der Waals surface area contributed by atoms with Crippen molar-refractivity contribution in [3.05, 3.63) is 58.9 Å². The summed E-state index contributed by atoms with van der Waals surface area (Å²) in [6.45, 7) is 13.9. The van der Waals surface area contributed by atoms with Crippen LogP contribution >= 0.6 is 23.5 Å². The number of nitrogens with one attached hydrogen (secondary N) is 1. The van der Waals surface area contributed by atoms with Gasteiger partial charge in [0, 0.05) is 22.0 Å². The summed E-state index contributed by atoms with van der Waals surface area (Å²) >= 11 is 7.90. The van der Waals surface area contributed by atoms with Crippen LogP contribution in [0.25, 0.3) is 11.4 Å². The number of anilines is 1.